The molecule has 0 saturated heterocycles. The third-order valence-electron chi connectivity index (χ3n) is 2.43. The molecule has 5 nitrogen and oxygen atoms in total. The summed E-state index contributed by atoms with van der Waals surface area (Å²) in [7, 11) is 0. The van der Waals surface area contributed by atoms with Crippen LogP contribution in [0.15, 0.2) is 12.1 Å². The Kier molecular flexibility index (Phi) is 2.33. The summed E-state index contributed by atoms with van der Waals surface area (Å²) >= 11 is 0. The standard InChI is InChI=1S/C11H9N3O2/c1-6-2-9-8(3-7(6)5-12)10(14-13-9)4-11(15)16/h2-3H,4H2,1H3,(H,13,14)(H,15,16). The second-order valence-electron chi connectivity index (χ2n) is 3.57. The van der Waals surface area contributed by atoms with E-state index in [-0.39, 0.29) is 6.42 Å². The highest BCUT2D eigenvalue weighted by Gasteiger charge is 2.11. The number of nitrogens with zero attached hydrogens (tertiary/aromatic N) is 2. The number of aliphatic carboxylic acids is 1. The smallest absolute Gasteiger partial charge is 0.309 e. The Morgan fingerprint density at radius 2 is 2.38 bits per heavy atom. The maximum atomic E-state index is 10.6. The van der Waals surface area contributed by atoms with Crippen molar-refractivity contribution in [3.05, 3.63) is 29.0 Å². The van der Waals surface area contributed by atoms with Gasteiger partial charge >= 0.3 is 5.97 Å². The van der Waals surface area contributed by atoms with E-state index in [0.717, 1.165) is 5.56 Å². The predicted molar refractivity (Wildman–Crippen MR) is 56.9 cm³/mol. The van der Waals surface area contributed by atoms with Gasteiger partial charge in [-0.25, -0.2) is 0 Å². The number of H-pyrrole nitrogens is 1. The average Bonchev–Trinajstić information content (AvgIpc) is 2.59. The number of aryl methyl sites for hydroxylation is 1. The lowest BCUT2D eigenvalue weighted by Gasteiger charge is -1.97. The van der Waals surface area contributed by atoms with Crippen LogP contribution in [-0.2, 0) is 11.2 Å². The van der Waals surface area contributed by atoms with Gasteiger partial charge in [0.2, 0.25) is 0 Å². The van der Waals surface area contributed by atoms with Crippen molar-refractivity contribution in [1.29, 1.82) is 5.26 Å². The van der Waals surface area contributed by atoms with Crippen LogP contribution in [0.1, 0.15) is 16.8 Å². The number of carboxylic acids is 1. The SMILES string of the molecule is Cc1cc2n[nH]c(CC(=O)O)c2cc1C#N. The van der Waals surface area contributed by atoms with Gasteiger partial charge in [-0.1, -0.05) is 0 Å². The van der Waals surface area contributed by atoms with E-state index in [1.807, 2.05) is 6.92 Å². The van der Waals surface area contributed by atoms with Gasteiger partial charge in [0.25, 0.3) is 0 Å². The number of nitrogens with one attached hydrogen (secondary N) is 1. The second kappa shape index (κ2) is 3.66. The molecule has 0 aliphatic heterocycles. The lowest BCUT2D eigenvalue weighted by Crippen LogP contribution is -2.00. The first-order valence-electron chi connectivity index (χ1n) is 4.71. The Bertz CT molecular complexity index is 607. The number of fused-ring (bicyclic) bond motifs is 1. The summed E-state index contributed by atoms with van der Waals surface area (Å²) in [5.74, 6) is -0.926. The van der Waals surface area contributed by atoms with Gasteiger partial charge in [0.1, 0.15) is 0 Å². The first-order valence-corrected chi connectivity index (χ1v) is 4.71. The Balaban J connectivity index is 2.63. The third-order valence-corrected chi connectivity index (χ3v) is 2.43. The molecule has 2 aromatic rings. The molecule has 1 aromatic carbocycles. The van der Waals surface area contributed by atoms with Crippen molar-refractivity contribution in [3.63, 3.8) is 0 Å². The van der Waals surface area contributed by atoms with Crippen LogP contribution in [0.5, 0.6) is 0 Å². The van der Waals surface area contributed by atoms with Crippen LogP contribution in [0.25, 0.3) is 10.9 Å². The fourth-order valence-corrected chi connectivity index (χ4v) is 1.62. The molecule has 0 saturated carbocycles. The zero-order valence-corrected chi connectivity index (χ0v) is 8.61. The van der Waals surface area contributed by atoms with E-state index in [2.05, 4.69) is 16.3 Å². The highest BCUT2D eigenvalue weighted by molar-refractivity contribution is 5.86. The summed E-state index contributed by atoms with van der Waals surface area (Å²) in [6.45, 7) is 1.82. The normalized spacial score (nSPS) is 10.2. The van der Waals surface area contributed by atoms with Crippen LogP contribution < -0.4 is 0 Å². The van der Waals surface area contributed by atoms with Crippen LogP contribution in [0.4, 0.5) is 0 Å². The van der Waals surface area contributed by atoms with Gasteiger partial charge in [0.15, 0.2) is 0 Å². The zero-order valence-electron chi connectivity index (χ0n) is 8.61. The molecule has 1 heterocycles. The van der Waals surface area contributed by atoms with Gasteiger partial charge in [-0.2, -0.15) is 10.4 Å². The molecule has 0 fully saturated rings. The number of hydrogen-bond donors (Lipinski definition) is 2. The van der Waals surface area contributed by atoms with Crippen molar-refractivity contribution in [3.8, 4) is 6.07 Å². The van der Waals surface area contributed by atoms with Crippen molar-refractivity contribution in [2.24, 2.45) is 0 Å². The molecule has 0 aliphatic rings. The number of carbonyl (C=O) groups is 1. The fraction of sp³-hybridized carbons (Fsp3) is 0.182. The van der Waals surface area contributed by atoms with Crippen LogP contribution >= 0.6 is 0 Å². The third kappa shape index (κ3) is 1.61. The molecule has 5 heteroatoms. The van der Waals surface area contributed by atoms with Gasteiger partial charge in [-0.15, -0.1) is 0 Å². The maximum absolute atomic E-state index is 10.6. The molecule has 0 bridgehead atoms. The number of rotatable bonds is 2. The Morgan fingerprint density at radius 1 is 1.62 bits per heavy atom. The largest absolute Gasteiger partial charge is 0.481 e. The highest BCUT2D eigenvalue weighted by atomic mass is 16.4. The Hall–Kier alpha value is -2.35. The van der Waals surface area contributed by atoms with Crippen molar-refractivity contribution in [2.75, 3.05) is 0 Å². The molecular formula is C11H9N3O2. The summed E-state index contributed by atoms with van der Waals surface area (Å²) < 4.78 is 0. The number of hydrogen-bond acceptors (Lipinski definition) is 3. The van der Waals surface area contributed by atoms with Crippen LogP contribution in [0.2, 0.25) is 0 Å². The minimum absolute atomic E-state index is 0.121. The van der Waals surface area contributed by atoms with Crippen molar-refractivity contribution >= 4 is 16.9 Å². The lowest BCUT2D eigenvalue weighted by molar-refractivity contribution is -0.136. The van der Waals surface area contributed by atoms with Crippen molar-refractivity contribution in [1.82, 2.24) is 10.2 Å². The Morgan fingerprint density at radius 3 is 3.00 bits per heavy atom. The van der Waals surface area contributed by atoms with Crippen molar-refractivity contribution in [2.45, 2.75) is 13.3 Å². The monoisotopic (exact) mass is 215 g/mol. The summed E-state index contributed by atoms with van der Waals surface area (Å²) in [5.41, 5.74) is 2.59. The summed E-state index contributed by atoms with van der Waals surface area (Å²) in [5, 5.41) is 25.0. The van der Waals surface area contributed by atoms with Crippen molar-refractivity contribution < 1.29 is 9.90 Å². The van der Waals surface area contributed by atoms with Crippen LogP contribution in [0.3, 0.4) is 0 Å². The first-order chi connectivity index (χ1) is 7.61. The van der Waals surface area contributed by atoms with Crippen LogP contribution in [0, 0.1) is 18.3 Å². The molecule has 1 aromatic heterocycles. The van der Waals surface area contributed by atoms with E-state index in [4.69, 9.17) is 10.4 Å². The Labute approximate surface area is 91.3 Å². The molecule has 0 unspecified atom stereocenters. The molecule has 16 heavy (non-hydrogen) atoms. The molecule has 2 N–H and O–H groups in total. The highest BCUT2D eigenvalue weighted by Crippen LogP contribution is 2.20. The van der Waals surface area contributed by atoms with Gasteiger partial charge in [-0.05, 0) is 24.6 Å². The molecule has 0 aliphatic carbocycles. The van der Waals surface area contributed by atoms with Gasteiger partial charge < -0.3 is 5.11 Å². The maximum Gasteiger partial charge on any atom is 0.309 e. The summed E-state index contributed by atoms with van der Waals surface area (Å²) in [4.78, 5) is 10.6. The summed E-state index contributed by atoms with van der Waals surface area (Å²) in [6.07, 6.45) is -0.121. The minimum atomic E-state index is -0.926. The minimum Gasteiger partial charge on any atom is -0.481 e. The van der Waals surface area contributed by atoms with E-state index in [0.29, 0.717) is 22.2 Å². The number of aromatic amines is 1. The molecule has 0 radical (unpaired) electrons. The van der Waals surface area contributed by atoms with E-state index >= 15 is 0 Å². The first kappa shape index (κ1) is 10.2. The number of aromatic nitrogens is 2. The molecule has 0 atom stereocenters. The van der Waals surface area contributed by atoms with E-state index in [1.165, 1.54) is 0 Å². The number of carboxylic acid groups (broad SMARTS) is 1. The zero-order chi connectivity index (χ0) is 11.7. The molecule has 0 spiro atoms. The van der Waals surface area contributed by atoms with E-state index in [1.54, 1.807) is 12.1 Å². The fourth-order valence-electron chi connectivity index (χ4n) is 1.62. The van der Waals surface area contributed by atoms with E-state index < -0.39 is 5.97 Å². The lowest BCUT2D eigenvalue weighted by atomic mass is 10.0. The second-order valence-corrected chi connectivity index (χ2v) is 3.57. The molecular weight excluding hydrogens is 206 g/mol. The van der Waals surface area contributed by atoms with Gasteiger partial charge in [-0.3, -0.25) is 9.89 Å². The quantitative estimate of drug-likeness (QED) is 0.791. The van der Waals surface area contributed by atoms with Gasteiger partial charge in [0.05, 0.1) is 29.3 Å². The number of benzene rings is 1. The summed E-state index contributed by atoms with van der Waals surface area (Å²) in [6, 6.07) is 5.52. The van der Waals surface area contributed by atoms with E-state index in [9.17, 15) is 4.79 Å². The molecule has 80 valence electrons. The predicted octanol–water partition coefficient (Wildman–Crippen LogP) is 1.37. The average molecular weight is 215 g/mol. The molecule has 0 amide bonds. The topological polar surface area (TPSA) is 89.8 Å². The van der Waals surface area contributed by atoms with Gasteiger partial charge in [0, 0.05) is 5.39 Å². The molecule has 2 rings (SSSR count). The van der Waals surface area contributed by atoms with Crippen LogP contribution in [-0.4, -0.2) is 21.3 Å². The number of nitriles is 1.